The molecule has 3 aliphatic heterocycles. The van der Waals surface area contributed by atoms with Gasteiger partial charge in [-0.25, -0.2) is 4.79 Å². The Morgan fingerprint density at radius 2 is 0.894 bits per heavy atom. The molecule has 612 valence electrons. The van der Waals surface area contributed by atoms with Gasteiger partial charge in [-0.05, 0) is 38.5 Å². The number of nitrogens with one attached hydrogen (secondary N) is 2. The van der Waals surface area contributed by atoms with Crippen molar-refractivity contribution in [1.29, 1.82) is 0 Å². The van der Waals surface area contributed by atoms with E-state index in [4.69, 9.17) is 28.4 Å². The van der Waals surface area contributed by atoms with Crippen LogP contribution in [-0.4, -0.2) is 215 Å². The normalized spacial score (nSPS) is 26.4. The fraction of sp³-hybridized carbons (Fsp3) is 0.938. The molecule has 2 amide bonds. The second kappa shape index (κ2) is 60.2. The molecule has 0 bridgehead atoms. The number of carbonyl (C=O) groups excluding carboxylic acids is 2. The minimum atomic E-state index is -3.08. The minimum Gasteiger partial charge on any atom is -0.477 e. The number of rotatable bonds is 67. The summed E-state index contributed by atoms with van der Waals surface area (Å²) in [6, 6.07) is -2.53. The number of allylic oxidation sites excluding steroid dienone is 2. The highest BCUT2D eigenvalue weighted by Gasteiger charge is 2.60. The molecule has 104 heavy (non-hydrogen) atoms. The van der Waals surface area contributed by atoms with Crippen molar-refractivity contribution >= 4 is 17.8 Å². The zero-order chi connectivity index (χ0) is 76.0. The van der Waals surface area contributed by atoms with Crippen molar-refractivity contribution in [2.24, 2.45) is 0 Å². The minimum absolute atomic E-state index is 0.227. The van der Waals surface area contributed by atoms with E-state index in [2.05, 4.69) is 36.6 Å². The predicted octanol–water partition coefficient (Wildman–Crippen LogP) is 11.7. The lowest BCUT2D eigenvalue weighted by atomic mass is 9.88. The first-order chi connectivity index (χ1) is 50.4. The topological polar surface area (TPSA) is 373 Å². The highest BCUT2D eigenvalue weighted by atomic mass is 16.8. The summed E-state index contributed by atoms with van der Waals surface area (Å²) in [6.45, 7) is 2.26. The first-order valence-corrected chi connectivity index (χ1v) is 42.0. The van der Waals surface area contributed by atoms with Crippen LogP contribution in [0, 0.1) is 0 Å². The van der Waals surface area contributed by atoms with E-state index in [1.807, 2.05) is 0 Å². The highest BCUT2D eigenvalue weighted by Crippen LogP contribution is 2.39. The van der Waals surface area contributed by atoms with Crippen molar-refractivity contribution in [1.82, 2.24) is 10.6 Å². The first-order valence-electron chi connectivity index (χ1n) is 42.0. The van der Waals surface area contributed by atoms with Gasteiger partial charge in [0.15, 0.2) is 12.6 Å². The maximum atomic E-state index is 13.6. The van der Waals surface area contributed by atoms with Crippen LogP contribution in [0.5, 0.6) is 0 Å². The number of hydrogen-bond acceptors (Lipinski definition) is 20. The summed E-state index contributed by atoms with van der Waals surface area (Å²) in [4.78, 5) is 38.7. The quantitative estimate of drug-likeness (QED) is 0.0199. The number of carbonyl (C=O) groups is 3. The fourth-order valence-electron chi connectivity index (χ4n) is 14.8. The number of carboxylic acids is 1. The summed E-state index contributed by atoms with van der Waals surface area (Å²) < 4.78 is 35.0. The van der Waals surface area contributed by atoms with E-state index < -0.39 is 148 Å². The van der Waals surface area contributed by atoms with Gasteiger partial charge in [0.25, 0.3) is 5.79 Å². The van der Waals surface area contributed by atoms with Crippen molar-refractivity contribution in [2.75, 3.05) is 26.4 Å². The SMILES string of the molecule is CCCCCCCCCCCCCC/C=C\CCCCCCCCCCCCCCCCCCCC(=O)NC(COC1OC(CO)C(OC2OC(CO)C(O)C(OC3(C(=O)O)CC(O)C(NC(C)=O)C(C(O)C(O)CO)O3)C2O)C(O)C1O)C(O)CCCCCCCCCCCCCCCCCCC. The van der Waals surface area contributed by atoms with Crippen molar-refractivity contribution in [3.8, 4) is 0 Å². The number of unbranched alkanes of at least 4 members (excludes halogenated alkanes) is 45. The summed E-state index contributed by atoms with van der Waals surface area (Å²) in [5.41, 5.74) is 0. The van der Waals surface area contributed by atoms with Gasteiger partial charge in [-0.15, -0.1) is 0 Å². The third-order valence-corrected chi connectivity index (χ3v) is 21.5. The molecule has 3 rings (SSSR count). The number of ether oxygens (including phenoxy) is 6. The number of aliphatic hydroxyl groups excluding tert-OH is 11. The van der Waals surface area contributed by atoms with E-state index in [0.29, 0.717) is 19.3 Å². The predicted molar refractivity (Wildman–Crippen MR) is 403 cm³/mol. The molecule has 0 aliphatic carbocycles. The zero-order valence-corrected chi connectivity index (χ0v) is 64.9. The molecule has 3 aliphatic rings. The van der Waals surface area contributed by atoms with Gasteiger partial charge in [-0.3, -0.25) is 9.59 Å². The van der Waals surface area contributed by atoms with Gasteiger partial charge in [0.2, 0.25) is 11.8 Å². The highest BCUT2D eigenvalue weighted by molar-refractivity contribution is 5.77. The van der Waals surface area contributed by atoms with Crippen molar-refractivity contribution in [3.05, 3.63) is 12.2 Å². The van der Waals surface area contributed by atoms with Crippen LogP contribution < -0.4 is 10.6 Å². The van der Waals surface area contributed by atoms with E-state index >= 15 is 0 Å². The maximum Gasteiger partial charge on any atom is 0.364 e. The molecule has 3 fully saturated rings. The van der Waals surface area contributed by atoms with Crippen LogP contribution in [0.15, 0.2) is 12.2 Å². The lowest BCUT2D eigenvalue weighted by Gasteiger charge is -2.50. The molecular formula is C81H152N2O21. The van der Waals surface area contributed by atoms with Crippen molar-refractivity contribution in [2.45, 2.75) is 458 Å². The Bertz CT molecular complexity index is 2120. The van der Waals surface area contributed by atoms with E-state index in [1.165, 1.54) is 244 Å². The molecule has 0 aromatic heterocycles. The average Bonchev–Trinajstić information content (AvgIpc) is 0.755. The third-order valence-electron chi connectivity index (χ3n) is 21.5. The van der Waals surface area contributed by atoms with Gasteiger partial charge < -0.3 is 100 Å². The number of aliphatic hydroxyl groups is 11. The number of carboxylic acid groups (broad SMARTS) is 1. The Hall–Kier alpha value is -2.53. The summed E-state index contributed by atoms with van der Waals surface area (Å²) >= 11 is 0. The Labute approximate surface area is 626 Å². The molecule has 14 N–H and O–H groups in total. The van der Waals surface area contributed by atoms with E-state index in [9.17, 15) is 75.7 Å². The maximum absolute atomic E-state index is 13.6. The van der Waals surface area contributed by atoms with Gasteiger partial charge >= 0.3 is 5.97 Å². The molecule has 0 saturated carbocycles. The van der Waals surface area contributed by atoms with Gasteiger partial charge in [0.05, 0.1) is 50.7 Å². The number of aliphatic carboxylic acids is 1. The van der Waals surface area contributed by atoms with Crippen LogP contribution in [0.4, 0.5) is 0 Å². The zero-order valence-electron chi connectivity index (χ0n) is 64.9. The Balaban J connectivity index is 1.45. The molecule has 0 spiro atoms. The molecule has 18 unspecified atom stereocenters. The van der Waals surface area contributed by atoms with Crippen LogP contribution >= 0.6 is 0 Å². The van der Waals surface area contributed by atoms with Crippen LogP contribution in [-0.2, 0) is 42.8 Å². The first kappa shape index (κ1) is 95.7. The summed E-state index contributed by atoms with van der Waals surface area (Å²) in [5, 5.41) is 137. The summed E-state index contributed by atoms with van der Waals surface area (Å²) in [6.07, 6.45) is 36.5. The lowest BCUT2D eigenvalue weighted by Crippen LogP contribution is -2.70. The van der Waals surface area contributed by atoms with E-state index in [0.717, 1.165) is 58.3 Å². The van der Waals surface area contributed by atoms with Crippen LogP contribution in [0.25, 0.3) is 0 Å². The molecule has 23 heteroatoms. The second-order valence-corrected chi connectivity index (χ2v) is 30.7. The van der Waals surface area contributed by atoms with Gasteiger partial charge in [0.1, 0.15) is 67.1 Å². The fourth-order valence-corrected chi connectivity index (χ4v) is 14.8. The Morgan fingerprint density at radius 1 is 0.490 bits per heavy atom. The number of hydrogen-bond donors (Lipinski definition) is 14. The smallest absolute Gasteiger partial charge is 0.364 e. The van der Waals surface area contributed by atoms with Crippen LogP contribution in [0.1, 0.15) is 348 Å². The largest absolute Gasteiger partial charge is 0.477 e. The van der Waals surface area contributed by atoms with Gasteiger partial charge in [-0.2, -0.15) is 0 Å². The summed E-state index contributed by atoms with van der Waals surface area (Å²) in [7, 11) is 0. The Kier molecular flexibility index (Phi) is 55.4. The van der Waals surface area contributed by atoms with Gasteiger partial charge in [-0.1, -0.05) is 302 Å². The van der Waals surface area contributed by atoms with Crippen molar-refractivity contribution in [3.63, 3.8) is 0 Å². The molecule has 23 nitrogen and oxygen atoms in total. The van der Waals surface area contributed by atoms with E-state index in [-0.39, 0.29) is 18.9 Å². The average molecular weight is 1490 g/mol. The molecule has 0 radical (unpaired) electrons. The van der Waals surface area contributed by atoms with E-state index in [1.54, 1.807) is 0 Å². The molecule has 3 saturated heterocycles. The molecule has 3 heterocycles. The van der Waals surface area contributed by atoms with Gasteiger partial charge in [0, 0.05) is 19.8 Å². The molecule has 0 aromatic rings. The van der Waals surface area contributed by atoms with Crippen LogP contribution in [0.2, 0.25) is 0 Å². The number of amides is 2. The monoisotopic (exact) mass is 1490 g/mol. The Morgan fingerprint density at radius 3 is 1.30 bits per heavy atom. The van der Waals surface area contributed by atoms with Crippen LogP contribution in [0.3, 0.4) is 0 Å². The summed E-state index contributed by atoms with van der Waals surface area (Å²) in [5.74, 6) is -6.09. The second-order valence-electron chi connectivity index (χ2n) is 30.7. The third kappa shape index (κ3) is 39.9. The molecular weight excluding hydrogens is 1340 g/mol. The molecule has 18 atom stereocenters. The standard InChI is InChI=1S/C81H152N2O21/c1-4-6-8-10-12-14-16-18-20-22-23-24-25-26-27-28-29-30-31-32-33-34-35-36-37-39-41-43-45-47-49-51-53-55-68(91)83-62(63(88)54-52-50-48-46-44-42-40-38-21-19-17-15-13-11-9-7-5-2)60-99-78-73(95)72(94)75(67(59-86)101-78)102-79-74(96)77(71(93)66(58-85)100-79)104-81(80(97)98)56-64(89)69(82-61(3)87)76(103-81)70(92)65(90)57-84/h26-27,62-67,69-79,84-86,88-90,92-96H,4-25,28-60H2,1-3H3,(H,82,87)(H,83,91)(H,97,98)/b27-26-. The van der Waals surface area contributed by atoms with Crippen molar-refractivity contribution < 1.29 is 104 Å². The lowest BCUT2D eigenvalue weighted by molar-refractivity contribution is -0.386. The molecule has 0 aromatic carbocycles.